The monoisotopic (exact) mass is 368 g/mol. The van der Waals surface area contributed by atoms with Gasteiger partial charge in [-0.05, 0) is 42.3 Å². The van der Waals surface area contributed by atoms with Crippen LogP contribution in [0.1, 0.15) is 21.5 Å². The van der Waals surface area contributed by atoms with E-state index in [0.717, 1.165) is 0 Å². The van der Waals surface area contributed by atoms with Crippen molar-refractivity contribution in [2.24, 2.45) is 0 Å². The third-order valence-electron chi connectivity index (χ3n) is 3.91. The molecular weight excluding hydrogens is 348 g/mol. The summed E-state index contributed by atoms with van der Waals surface area (Å²) in [6, 6.07) is 9.89. The summed E-state index contributed by atoms with van der Waals surface area (Å²) in [5.41, 5.74) is 5.63. The minimum Gasteiger partial charge on any atom is -0.378 e. The Morgan fingerprint density at radius 2 is 2.08 bits per heavy atom. The molecule has 8 heteroatoms. The molecule has 0 aliphatic heterocycles. The molecule has 1 aromatic carbocycles. The smallest absolute Gasteiger partial charge is 0.259 e. The summed E-state index contributed by atoms with van der Waals surface area (Å²) in [4.78, 5) is 18.5. The Kier molecular flexibility index (Phi) is 5.43. The minimum atomic E-state index is -0.254. The van der Waals surface area contributed by atoms with Crippen molar-refractivity contribution in [1.29, 1.82) is 0 Å². The predicted octanol–water partition coefficient (Wildman–Crippen LogP) is 3.17. The molecule has 0 fully saturated rings. The number of pyridine rings is 1. The summed E-state index contributed by atoms with van der Waals surface area (Å²) < 4.78 is 0. The number of carbonyl (C=O) groups is 1. The molecule has 3 aromatic rings. The quantitative estimate of drug-likeness (QED) is 0.695. The topological polar surface area (TPSA) is 83.0 Å². The van der Waals surface area contributed by atoms with Crippen LogP contribution in [0.4, 0.5) is 16.6 Å². The van der Waals surface area contributed by atoms with Crippen LogP contribution in [0.5, 0.6) is 0 Å². The number of nitrogens with one attached hydrogen (secondary N) is 2. The molecule has 0 aliphatic carbocycles. The van der Waals surface area contributed by atoms with Crippen LogP contribution in [0.3, 0.4) is 0 Å². The highest BCUT2D eigenvalue weighted by Gasteiger charge is 2.09. The van der Waals surface area contributed by atoms with Gasteiger partial charge in [0, 0.05) is 32.5 Å². The van der Waals surface area contributed by atoms with Crippen LogP contribution < -0.4 is 15.5 Å². The van der Waals surface area contributed by atoms with Gasteiger partial charge < -0.3 is 10.2 Å². The minimum absolute atomic E-state index is 0.254. The number of carbonyl (C=O) groups excluding carboxylic acids is 1. The molecule has 3 rings (SSSR count). The molecule has 1 amide bonds. The summed E-state index contributed by atoms with van der Waals surface area (Å²) in [7, 11) is 4.05. The van der Waals surface area contributed by atoms with E-state index in [1.54, 1.807) is 23.8 Å². The second-order valence-electron chi connectivity index (χ2n) is 5.99. The van der Waals surface area contributed by atoms with E-state index in [9.17, 15) is 4.79 Å². The van der Waals surface area contributed by atoms with Crippen LogP contribution in [-0.2, 0) is 6.54 Å². The highest BCUT2D eigenvalue weighted by molar-refractivity contribution is 7.13. The summed E-state index contributed by atoms with van der Waals surface area (Å²) in [6.07, 6.45) is 1.54. The number of amides is 1. The number of aromatic nitrogens is 3. The summed E-state index contributed by atoms with van der Waals surface area (Å²) in [5, 5.41) is 13.9. The highest BCUT2D eigenvalue weighted by atomic mass is 32.1. The van der Waals surface area contributed by atoms with Gasteiger partial charge in [-0.2, -0.15) is 0 Å². The van der Waals surface area contributed by atoms with Gasteiger partial charge in [0.25, 0.3) is 5.91 Å². The van der Waals surface area contributed by atoms with E-state index >= 15 is 0 Å². The predicted molar refractivity (Wildman–Crippen MR) is 105 cm³/mol. The SMILES string of the molecule is Cc1cc(N(C)C)ccc1CNc1ccc(C(=O)Nc2nncs2)cn1. The first-order chi connectivity index (χ1) is 12.5. The first kappa shape index (κ1) is 17.8. The van der Waals surface area contributed by atoms with Gasteiger partial charge in [-0.1, -0.05) is 17.4 Å². The Morgan fingerprint density at radius 1 is 1.23 bits per heavy atom. The van der Waals surface area contributed by atoms with Crippen molar-refractivity contribution in [2.45, 2.75) is 13.5 Å². The number of benzene rings is 1. The van der Waals surface area contributed by atoms with Crippen molar-refractivity contribution in [2.75, 3.05) is 29.6 Å². The number of rotatable bonds is 6. The molecule has 0 atom stereocenters. The fourth-order valence-corrected chi connectivity index (χ4v) is 2.81. The molecule has 2 aromatic heterocycles. The highest BCUT2D eigenvalue weighted by Crippen LogP contribution is 2.18. The molecular formula is C18H20N6OS. The van der Waals surface area contributed by atoms with Gasteiger partial charge >= 0.3 is 0 Å². The van der Waals surface area contributed by atoms with E-state index in [0.29, 0.717) is 23.1 Å². The lowest BCUT2D eigenvalue weighted by molar-refractivity contribution is 0.102. The van der Waals surface area contributed by atoms with Crippen LogP contribution in [0.15, 0.2) is 42.0 Å². The standard InChI is InChI=1S/C18H20N6OS/c1-12-8-15(24(2)3)6-4-13(12)9-19-16-7-5-14(10-20-16)17(25)22-18-23-21-11-26-18/h4-8,10-11H,9H2,1-3H3,(H,19,20)(H,22,23,25). The number of nitrogens with zero attached hydrogens (tertiary/aromatic N) is 4. The zero-order chi connectivity index (χ0) is 18.5. The van der Waals surface area contributed by atoms with E-state index in [1.807, 2.05) is 14.1 Å². The first-order valence-corrected chi connectivity index (χ1v) is 8.95. The Morgan fingerprint density at radius 3 is 2.69 bits per heavy atom. The molecule has 134 valence electrons. The van der Waals surface area contributed by atoms with Gasteiger partial charge in [0.2, 0.25) is 5.13 Å². The fraction of sp³-hybridized carbons (Fsp3) is 0.222. The summed E-state index contributed by atoms with van der Waals surface area (Å²) in [6.45, 7) is 2.77. The second kappa shape index (κ2) is 7.92. The lowest BCUT2D eigenvalue weighted by Gasteiger charge is -2.15. The van der Waals surface area contributed by atoms with Crippen molar-refractivity contribution in [3.8, 4) is 0 Å². The number of aryl methyl sites for hydroxylation is 1. The van der Waals surface area contributed by atoms with Gasteiger partial charge in [-0.25, -0.2) is 4.98 Å². The van der Waals surface area contributed by atoms with Crippen molar-refractivity contribution < 1.29 is 4.79 Å². The fourth-order valence-electron chi connectivity index (χ4n) is 2.37. The lowest BCUT2D eigenvalue weighted by Crippen LogP contribution is -2.12. The summed E-state index contributed by atoms with van der Waals surface area (Å²) >= 11 is 1.27. The number of hydrogen-bond donors (Lipinski definition) is 2. The van der Waals surface area contributed by atoms with Crippen molar-refractivity contribution in [1.82, 2.24) is 15.2 Å². The van der Waals surface area contributed by atoms with E-state index in [-0.39, 0.29) is 5.91 Å². The van der Waals surface area contributed by atoms with Crippen molar-refractivity contribution >= 4 is 33.9 Å². The molecule has 0 saturated heterocycles. The molecule has 7 nitrogen and oxygen atoms in total. The Hall–Kier alpha value is -3.00. The zero-order valence-electron chi connectivity index (χ0n) is 14.9. The third kappa shape index (κ3) is 4.34. The molecule has 2 N–H and O–H groups in total. The van der Waals surface area contributed by atoms with Gasteiger partial charge in [0.15, 0.2) is 0 Å². The summed E-state index contributed by atoms with van der Waals surface area (Å²) in [5.74, 6) is 0.462. The van der Waals surface area contributed by atoms with Crippen LogP contribution in [-0.4, -0.2) is 35.2 Å². The van der Waals surface area contributed by atoms with Gasteiger partial charge in [-0.15, -0.1) is 10.2 Å². The molecule has 2 heterocycles. The van der Waals surface area contributed by atoms with Crippen LogP contribution in [0.2, 0.25) is 0 Å². The maximum absolute atomic E-state index is 12.1. The number of anilines is 3. The lowest BCUT2D eigenvalue weighted by atomic mass is 10.1. The van der Waals surface area contributed by atoms with E-state index in [4.69, 9.17) is 0 Å². The van der Waals surface area contributed by atoms with E-state index in [1.165, 1.54) is 28.2 Å². The normalized spacial score (nSPS) is 10.4. The van der Waals surface area contributed by atoms with Gasteiger partial charge in [0.05, 0.1) is 5.56 Å². The average molecular weight is 368 g/mol. The molecule has 0 radical (unpaired) electrons. The van der Waals surface area contributed by atoms with Gasteiger partial charge in [-0.3, -0.25) is 10.1 Å². The van der Waals surface area contributed by atoms with Crippen LogP contribution in [0.25, 0.3) is 0 Å². The van der Waals surface area contributed by atoms with Crippen LogP contribution in [0, 0.1) is 6.92 Å². The molecule has 0 unspecified atom stereocenters. The molecule has 26 heavy (non-hydrogen) atoms. The zero-order valence-corrected chi connectivity index (χ0v) is 15.7. The maximum Gasteiger partial charge on any atom is 0.259 e. The van der Waals surface area contributed by atoms with Crippen molar-refractivity contribution in [3.05, 3.63) is 58.7 Å². The first-order valence-electron chi connectivity index (χ1n) is 8.07. The van der Waals surface area contributed by atoms with E-state index in [2.05, 4.69) is 55.8 Å². The largest absolute Gasteiger partial charge is 0.378 e. The van der Waals surface area contributed by atoms with E-state index < -0.39 is 0 Å². The molecule has 0 aliphatic rings. The average Bonchev–Trinajstić information content (AvgIpc) is 3.14. The Labute approximate surface area is 156 Å². The van der Waals surface area contributed by atoms with Crippen LogP contribution >= 0.6 is 11.3 Å². The number of hydrogen-bond acceptors (Lipinski definition) is 7. The molecule has 0 saturated carbocycles. The molecule has 0 spiro atoms. The maximum atomic E-state index is 12.1. The second-order valence-corrected chi connectivity index (χ2v) is 6.82. The molecule has 0 bridgehead atoms. The Balaban J connectivity index is 1.60. The Bertz CT molecular complexity index is 877. The van der Waals surface area contributed by atoms with Gasteiger partial charge in [0.1, 0.15) is 11.3 Å². The third-order valence-corrected chi connectivity index (χ3v) is 4.52. The van der Waals surface area contributed by atoms with Crippen molar-refractivity contribution in [3.63, 3.8) is 0 Å².